The van der Waals surface area contributed by atoms with Crippen molar-refractivity contribution in [2.75, 3.05) is 11.9 Å². The minimum absolute atomic E-state index is 0.0973. The number of fused-ring (bicyclic) bond motifs is 1. The summed E-state index contributed by atoms with van der Waals surface area (Å²) in [5, 5.41) is 3.41. The largest absolute Gasteiger partial charge is 0.484 e. The average Bonchev–Trinajstić information content (AvgIpc) is 3.10. The van der Waals surface area contributed by atoms with Gasteiger partial charge >= 0.3 is 0 Å². The monoisotopic (exact) mass is 426 g/mol. The van der Waals surface area contributed by atoms with Crippen molar-refractivity contribution in [1.82, 2.24) is 0 Å². The minimum atomic E-state index is -0.475. The highest BCUT2D eigenvalue weighted by molar-refractivity contribution is 7.17. The maximum Gasteiger partial charge on any atom is 0.262 e. The molecule has 2 aromatic rings. The van der Waals surface area contributed by atoms with Gasteiger partial charge in [0.15, 0.2) is 6.61 Å². The van der Waals surface area contributed by atoms with E-state index in [-0.39, 0.29) is 12.5 Å². The lowest BCUT2D eigenvalue weighted by atomic mass is 9.84. The maximum atomic E-state index is 12.5. The molecule has 1 aromatic carbocycles. The number of thiophene rings is 1. The van der Waals surface area contributed by atoms with Gasteiger partial charge in [0.05, 0.1) is 5.56 Å². The molecule has 1 atom stereocenters. The van der Waals surface area contributed by atoms with Crippen LogP contribution in [0.3, 0.4) is 0 Å². The molecule has 0 aliphatic heterocycles. The smallest absolute Gasteiger partial charge is 0.262 e. The van der Waals surface area contributed by atoms with Gasteiger partial charge in [0.25, 0.3) is 11.8 Å². The number of amides is 2. The standard InChI is InChI=1S/C24H30N2O3S/c1-15-7-12-19-20(13-15)30-24(22(19)23(25)28)26-21(27)14-29-18-10-8-17(9-11-18)16-5-3-2-4-6-16/h8-11,15-16H,2-7,12-14H2,1H3,(H2,25,28)(H,26,27)/t15-/m0/s1. The Labute approximate surface area is 182 Å². The normalized spacial score (nSPS) is 19.2. The molecule has 0 spiro atoms. The Bertz CT molecular complexity index is 913. The Morgan fingerprint density at radius 3 is 2.57 bits per heavy atom. The van der Waals surface area contributed by atoms with E-state index in [2.05, 4.69) is 24.4 Å². The van der Waals surface area contributed by atoms with Crippen LogP contribution >= 0.6 is 11.3 Å². The van der Waals surface area contributed by atoms with Gasteiger partial charge in [-0.3, -0.25) is 9.59 Å². The van der Waals surface area contributed by atoms with Crippen LogP contribution in [0.2, 0.25) is 0 Å². The van der Waals surface area contributed by atoms with Crippen LogP contribution < -0.4 is 15.8 Å². The lowest BCUT2D eigenvalue weighted by molar-refractivity contribution is -0.118. The van der Waals surface area contributed by atoms with Gasteiger partial charge in [-0.1, -0.05) is 38.3 Å². The average molecular weight is 427 g/mol. The van der Waals surface area contributed by atoms with Crippen molar-refractivity contribution in [1.29, 1.82) is 0 Å². The summed E-state index contributed by atoms with van der Waals surface area (Å²) in [7, 11) is 0. The summed E-state index contributed by atoms with van der Waals surface area (Å²) in [6.07, 6.45) is 9.28. The summed E-state index contributed by atoms with van der Waals surface area (Å²) in [6.45, 7) is 2.11. The van der Waals surface area contributed by atoms with Crippen molar-refractivity contribution in [3.05, 3.63) is 45.8 Å². The second-order valence-electron chi connectivity index (χ2n) is 8.66. The second-order valence-corrected chi connectivity index (χ2v) is 9.77. The Morgan fingerprint density at radius 2 is 1.87 bits per heavy atom. The molecule has 3 N–H and O–H groups in total. The predicted octanol–water partition coefficient (Wildman–Crippen LogP) is 5.04. The number of carbonyl (C=O) groups is 2. The fourth-order valence-electron chi connectivity index (χ4n) is 4.68. The number of nitrogens with two attached hydrogens (primary N) is 1. The highest BCUT2D eigenvalue weighted by Gasteiger charge is 2.27. The van der Waals surface area contributed by atoms with E-state index >= 15 is 0 Å². The number of ether oxygens (including phenoxy) is 1. The highest BCUT2D eigenvalue weighted by atomic mass is 32.1. The molecule has 160 valence electrons. The summed E-state index contributed by atoms with van der Waals surface area (Å²) < 4.78 is 5.68. The molecule has 0 bridgehead atoms. The summed E-state index contributed by atoms with van der Waals surface area (Å²) in [4.78, 5) is 25.6. The van der Waals surface area contributed by atoms with E-state index in [1.807, 2.05) is 12.1 Å². The van der Waals surface area contributed by atoms with Crippen molar-refractivity contribution in [2.45, 2.75) is 64.2 Å². The highest BCUT2D eigenvalue weighted by Crippen LogP contribution is 2.39. The first-order chi connectivity index (χ1) is 14.5. The van der Waals surface area contributed by atoms with E-state index in [1.54, 1.807) is 0 Å². The molecule has 6 heteroatoms. The van der Waals surface area contributed by atoms with Gasteiger partial charge < -0.3 is 15.8 Å². The third-order valence-corrected chi connectivity index (χ3v) is 7.51. The zero-order valence-corrected chi connectivity index (χ0v) is 18.4. The molecule has 1 saturated carbocycles. The third-order valence-electron chi connectivity index (χ3n) is 6.34. The van der Waals surface area contributed by atoms with Gasteiger partial charge in [0, 0.05) is 4.88 Å². The molecule has 1 heterocycles. The number of rotatable bonds is 6. The van der Waals surface area contributed by atoms with Crippen LogP contribution in [0, 0.1) is 5.92 Å². The Kier molecular flexibility index (Phi) is 6.42. The lowest BCUT2D eigenvalue weighted by Crippen LogP contribution is -2.22. The molecule has 30 heavy (non-hydrogen) atoms. The van der Waals surface area contributed by atoms with Crippen LogP contribution in [0.5, 0.6) is 5.75 Å². The van der Waals surface area contributed by atoms with Crippen molar-refractivity contribution in [3.63, 3.8) is 0 Å². The lowest BCUT2D eigenvalue weighted by Gasteiger charge is -2.22. The molecule has 4 rings (SSSR count). The van der Waals surface area contributed by atoms with Gasteiger partial charge in [-0.05, 0) is 67.2 Å². The van der Waals surface area contributed by atoms with Gasteiger partial charge in [-0.2, -0.15) is 0 Å². The first kappa shape index (κ1) is 20.9. The molecule has 0 unspecified atom stereocenters. The van der Waals surface area contributed by atoms with E-state index in [4.69, 9.17) is 10.5 Å². The summed E-state index contributed by atoms with van der Waals surface area (Å²) in [5.74, 6) is 1.16. The number of hydrogen-bond donors (Lipinski definition) is 2. The van der Waals surface area contributed by atoms with Crippen molar-refractivity contribution in [2.24, 2.45) is 11.7 Å². The van der Waals surface area contributed by atoms with E-state index < -0.39 is 5.91 Å². The van der Waals surface area contributed by atoms with E-state index in [9.17, 15) is 9.59 Å². The second kappa shape index (κ2) is 9.21. The maximum absolute atomic E-state index is 12.5. The molecule has 2 aliphatic rings. The number of carbonyl (C=O) groups excluding carboxylic acids is 2. The molecular weight excluding hydrogens is 396 g/mol. The van der Waals surface area contributed by atoms with Crippen molar-refractivity contribution >= 4 is 28.2 Å². The summed E-state index contributed by atoms with van der Waals surface area (Å²) >= 11 is 1.47. The van der Waals surface area contributed by atoms with Crippen molar-refractivity contribution < 1.29 is 14.3 Å². The number of anilines is 1. The quantitative estimate of drug-likeness (QED) is 0.679. The van der Waals surface area contributed by atoms with E-state index in [0.29, 0.717) is 28.1 Å². The summed E-state index contributed by atoms with van der Waals surface area (Å²) in [6, 6.07) is 8.11. The molecule has 2 amide bonds. The van der Waals surface area contributed by atoms with Crippen LogP contribution in [-0.4, -0.2) is 18.4 Å². The molecule has 0 radical (unpaired) electrons. The zero-order chi connectivity index (χ0) is 21.1. The van der Waals surface area contributed by atoms with Gasteiger partial charge in [-0.15, -0.1) is 11.3 Å². The molecule has 0 saturated heterocycles. The molecule has 1 aromatic heterocycles. The number of benzene rings is 1. The fourth-order valence-corrected chi connectivity index (χ4v) is 6.12. The molecular formula is C24H30N2O3S. The van der Waals surface area contributed by atoms with Gasteiger partial charge in [-0.25, -0.2) is 0 Å². The van der Waals surface area contributed by atoms with E-state index in [0.717, 1.165) is 29.7 Å². The van der Waals surface area contributed by atoms with Crippen LogP contribution in [0.15, 0.2) is 24.3 Å². The first-order valence-electron chi connectivity index (χ1n) is 11.0. The Hall–Kier alpha value is -2.34. The Morgan fingerprint density at radius 1 is 1.13 bits per heavy atom. The van der Waals surface area contributed by atoms with Gasteiger partial charge in [0.2, 0.25) is 0 Å². The van der Waals surface area contributed by atoms with Crippen LogP contribution in [0.25, 0.3) is 0 Å². The van der Waals surface area contributed by atoms with Gasteiger partial charge in [0.1, 0.15) is 10.8 Å². The summed E-state index contributed by atoms with van der Waals surface area (Å²) in [5.41, 5.74) is 8.47. The molecule has 5 nitrogen and oxygen atoms in total. The number of primary amides is 1. The minimum Gasteiger partial charge on any atom is -0.484 e. The fraction of sp³-hybridized carbons (Fsp3) is 0.500. The number of nitrogens with one attached hydrogen (secondary N) is 1. The van der Waals surface area contributed by atoms with Crippen molar-refractivity contribution in [3.8, 4) is 5.75 Å². The van der Waals surface area contributed by atoms with Crippen LogP contribution in [-0.2, 0) is 17.6 Å². The zero-order valence-electron chi connectivity index (χ0n) is 17.5. The third kappa shape index (κ3) is 4.69. The van der Waals surface area contributed by atoms with E-state index in [1.165, 1.54) is 49.0 Å². The molecule has 1 fully saturated rings. The van der Waals surface area contributed by atoms with Crippen LogP contribution in [0.1, 0.15) is 77.7 Å². The first-order valence-corrected chi connectivity index (χ1v) is 11.8. The topological polar surface area (TPSA) is 81.4 Å². The number of hydrogen-bond acceptors (Lipinski definition) is 4. The SMILES string of the molecule is C[C@H]1CCc2c(sc(NC(=O)COc3ccc(C4CCCCC4)cc3)c2C(N)=O)C1. The van der Waals surface area contributed by atoms with Crippen LogP contribution in [0.4, 0.5) is 5.00 Å². The predicted molar refractivity (Wildman–Crippen MR) is 120 cm³/mol. The molecule has 2 aliphatic carbocycles. The Balaban J connectivity index is 1.36.